The number of rotatable bonds is 1. The quantitative estimate of drug-likeness (QED) is 0.705. The molecule has 0 unspecified atom stereocenters. The maximum Gasteiger partial charge on any atom is 0.146 e. The Balaban J connectivity index is 2.25. The molecule has 0 aliphatic carbocycles. The van der Waals surface area contributed by atoms with Crippen molar-refractivity contribution >= 4 is 23.4 Å². The molecule has 1 aromatic rings. The van der Waals surface area contributed by atoms with Crippen molar-refractivity contribution in [3.8, 4) is 6.07 Å². The van der Waals surface area contributed by atoms with Crippen LogP contribution < -0.4 is 0 Å². The van der Waals surface area contributed by atoms with Gasteiger partial charge in [-0.05, 0) is 41.9 Å². The first-order chi connectivity index (χ1) is 7.31. The Hall–Kier alpha value is -0.720. The minimum absolute atomic E-state index is 0.312. The molecule has 2 heterocycles. The van der Waals surface area contributed by atoms with E-state index in [-0.39, 0.29) is 0 Å². The predicted octanol–water partition coefficient (Wildman–Crippen LogP) is 3.22. The van der Waals surface area contributed by atoms with Crippen molar-refractivity contribution < 1.29 is 0 Å². The largest absolute Gasteiger partial charge is 0.243 e. The van der Waals surface area contributed by atoms with E-state index in [1.807, 2.05) is 24.0 Å². The normalized spacial score (nSPS) is 17.3. The lowest BCUT2D eigenvalue weighted by molar-refractivity contribution is 0.634. The second kappa shape index (κ2) is 4.87. The van der Waals surface area contributed by atoms with Crippen LogP contribution in [-0.4, -0.2) is 16.5 Å². The summed E-state index contributed by atoms with van der Waals surface area (Å²) >= 11 is 7.79. The van der Waals surface area contributed by atoms with Crippen LogP contribution in [0.3, 0.4) is 0 Å². The zero-order valence-electron chi connectivity index (χ0n) is 8.24. The first-order valence-electron chi connectivity index (χ1n) is 4.94. The van der Waals surface area contributed by atoms with Crippen LogP contribution in [0.1, 0.15) is 29.9 Å². The van der Waals surface area contributed by atoms with Crippen LogP contribution in [0.5, 0.6) is 0 Å². The number of nitrogens with zero attached hydrogens (tertiary/aromatic N) is 2. The lowest BCUT2D eigenvalue weighted by atomic mass is 9.94. The van der Waals surface area contributed by atoms with Crippen LogP contribution in [0.15, 0.2) is 12.3 Å². The lowest BCUT2D eigenvalue weighted by Gasteiger charge is -2.21. The van der Waals surface area contributed by atoms with Crippen molar-refractivity contribution in [2.45, 2.75) is 18.8 Å². The van der Waals surface area contributed by atoms with E-state index in [1.54, 1.807) is 0 Å². The molecular weight excluding hydrogens is 228 g/mol. The minimum Gasteiger partial charge on any atom is -0.243 e. The fourth-order valence-corrected chi connectivity index (χ4v) is 3.05. The van der Waals surface area contributed by atoms with Crippen molar-refractivity contribution in [3.05, 3.63) is 28.5 Å². The van der Waals surface area contributed by atoms with E-state index in [2.05, 4.69) is 11.1 Å². The van der Waals surface area contributed by atoms with E-state index in [0.29, 0.717) is 16.6 Å². The second-order valence-electron chi connectivity index (χ2n) is 3.61. The zero-order chi connectivity index (χ0) is 10.7. The molecule has 15 heavy (non-hydrogen) atoms. The van der Waals surface area contributed by atoms with Gasteiger partial charge >= 0.3 is 0 Å². The monoisotopic (exact) mass is 238 g/mol. The Morgan fingerprint density at radius 3 is 2.87 bits per heavy atom. The van der Waals surface area contributed by atoms with Gasteiger partial charge in [0.15, 0.2) is 0 Å². The topological polar surface area (TPSA) is 36.7 Å². The van der Waals surface area contributed by atoms with E-state index in [0.717, 1.165) is 5.56 Å². The number of halogens is 1. The van der Waals surface area contributed by atoms with Gasteiger partial charge in [0.05, 0.1) is 5.56 Å². The number of thioether (sulfide) groups is 1. The Bertz CT molecular complexity index is 394. The molecule has 0 N–H and O–H groups in total. The molecule has 1 saturated heterocycles. The third-order valence-corrected chi connectivity index (χ3v) is 4.02. The van der Waals surface area contributed by atoms with Crippen LogP contribution in [-0.2, 0) is 0 Å². The molecule has 0 aromatic carbocycles. The lowest BCUT2D eigenvalue weighted by Crippen LogP contribution is -2.08. The van der Waals surface area contributed by atoms with E-state index >= 15 is 0 Å². The van der Waals surface area contributed by atoms with Gasteiger partial charge in [-0.15, -0.1) is 0 Å². The first kappa shape index (κ1) is 10.8. The SMILES string of the molecule is N#Cc1cc(C2CCSCC2)cnc1Cl. The maximum absolute atomic E-state index is 8.86. The molecule has 0 atom stereocenters. The number of aromatic nitrogens is 1. The number of pyridine rings is 1. The first-order valence-corrected chi connectivity index (χ1v) is 6.48. The Labute approximate surface area is 98.7 Å². The summed E-state index contributed by atoms with van der Waals surface area (Å²) in [6.45, 7) is 0. The molecule has 0 amide bonds. The summed E-state index contributed by atoms with van der Waals surface area (Å²) < 4.78 is 0. The maximum atomic E-state index is 8.86. The van der Waals surface area contributed by atoms with Crippen molar-refractivity contribution in [3.63, 3.8) is 0 Å². The molecule has 0 spiro atoms. The molecule has 1 fully saturated rings. The van der Waals surface area contributed by atoms with E-state index < -0.39 is 0 Å². The Morgan fingerprint density at radius 1 is 1.47 bits per heavy atom. The summed E-state index contributed by atoms with van der Waals surface area (Å²) in [4.78, 5) is 4.06. The van der Waals surface area contributed by atoms with Crippen LogP contribution in [0, 0.1) is 11.3 Å². The third-order valence-electron chi connectivity index (χ3n) is 2.67. The smallest absolute Gasteiger partial charge is 0.146 e. The van der Waals surface area contributed by atoms with Gasteiger partial charge in [-0.25, -0.2) is 4.98 Å². The van der Waals surface area contributed by atoms with Crippen molar-refractivity contribution in [1.29, 1.82) is 5.26 Å². The van der Waals surface area contributed by atoms with Gasteiger partial charge in [-0.2, -0.15) is 17.0 Å². The van der Waals surface area contributed by atoms with E-state index in [4.69, 9.17) is 16.9 Å². The van der Waals surface area contributed by atoms with Gasteiger partial charge in [-0.3, -0.25) is 0 Å². The average Bonchev–Trinajstić information content (AvgIpc) is 2.31. The van der Waals surface area contributed by atoms with E-state index in [9.17, 15) is 0 Å². The van der Waals surface area contributed by atoms with Gasteiger partial charge in [-0.1, -0.05) is 11.6 Å². The van der Waals surface area contributed by atoms with Crippen molar-refractivity contribution in [2.24, 2.45) is 0 Å². The highest BCUT2D eigenvalue weighted by Gasteiger charge is 2.17. The summed E-state index contributed by atoms with van der Waals surface area (Å²) in [6, 6.07) is 3.96. The third kappa shape index (κ3) is 2.45. The summed E-state index contributed by atoms with van der Waals surface area (Å²) in [5.41, 5.74) is 1.66. The second-order valence-corrected chi connectivity index (χ2v) is 5.19. The van der Waals surface area contributed by atoms with Crippen molar-refractivity contribution in [1.82, 2.24) is 4.98 Å². The Kier molecular flexibility index (Phi) is 3.50. The van der Waals surface area contributed by atoms with Crippen LogP contribution in [0.25, 0.3) is 0 Å². The molecule has 78 valence electrons. The standard InChI is InChI=1S/C11H11ClN2S/c12-11-9(6-13)5-10(7-14-11)8-1-3-15-4-2-8/h5,7-8H,1-4H2. The van der Waals surface area contributed by atoms with E-state index in [1.165, 1.54) is 24.3 Å². The predicted molar refractivity (Wildman–Crippen MR) is 63.3 cm³/mol. The molecule has 1 aliphatic rings. The highest BCUT2D eigenvalue weighted by Crippen LogP contribution is 2.32. The Morgan fingerprint density at radius 2 is 2.20 bits per heavy atom. The van der Waals surface area contributed by atoms with Crippen LogP contribution in [0.2, 0.25) is 5.15 Å². The molecule has 4 heteroatoms. The van der Waals surface area contributed by atoms with Crippen LogP contribution >= 0.6 is 23.4 Å². The highest BCUT2D eigenvalue weighted by molar-refractivity contribution is 7.99. The molecule has 0 bridgehead atoms. The van der Waals surface area contributed by atoms with Crippen LogP contribution in [0.4, 0.5) is 0 Å². The highest BCUT2D eigenvalue weighted by atomic mass is 35.5. The average molecular weight is 239 g/mol. The molecular formula is C11H11ClN2S. The molecule has 0 radical (unpaired) electrons. The van der Waals surface area contributed by atoms with Gasteiger partial charge in [0.25, 0.3) is 0 Å². The fourth-order valence-electron chi connectivity index (χ4n) is 1.80. The molecule has 1 aromatic heterocycles. The van der Waals surface area contributed by atoms with Gasteiger partial charge in [0, 0.05) is 6.20 Å². The van der Waals surface area contributed by atoms with Gasteiger partial charge in [0.1, 0.15) is 11.2 Å². The van der Waals surface area contributed by atoms with Gasteiger partial charge in [0.2, 0.25) is 0 Å². The molecule has 2 rings (SSSR count). The summed E-state index contributed by atoms with van der Waals surface area (Å²) in [5, 5.41) is 9.17. The van der Waals surface area contributed by atoms with Gasteiger partial charge < -0.3 is 0 Å². The fraction of sp³-hybridized carbons (Fsp3) is 0.455. The zero-order valence-corrected chi connectivity index (χ0v) is 9.81. The summed E-state index contributed by atoms with van der Waals surface area (Å²) in [6.07, 6.45) is 4.17. The molecule has 2 nitrogen and oxygen atoms in total. The number of hydrogen-bond donors (Lipinski definition) is 0. The number of nitriles is 1. The summed E-state index contributed by atoms with van der Waals surface area (Å²) in [7, 11) is 0. The number of hydrogen-bond acceptors (Lipinski definition) is 3. The minimum atomic E-state index is 0.312. The molecule has 1 aliphatic heterocycles. The molecule has 0 saturated carbocycles. The van der Waals surface area contributed by atoms with Crippen molar-refractivity contribution in [2.75, 3.05) is 11.5 Å². The summed E-state index contributed by atoms with van der Waals surface area (Å²) in [5.74, 6) is 2.97.